The first-order valence-corrected chi connectivity index (χ1v) is 6.69. The highest BCUT2D eigenvalue weighted by atomic mass is 16.5. The number of nitrogens with zero attached hydrogens (tertiary/aromatic N) is 1. The fourth-order valence-corrected chi connectivity index (χ4v) is 1.92. The molecule has 0 aromatic rings. The Kier molecular flexibility index (Phi) is 7.88. The Morgan fingerprint density at radius 3 is 2.18 bits per heavy atom. The van der Waals surface area contributed by atoms with E-state index in [1.165, 1.54) is 19.4 Å². The van der Waals surface area contributed by atoms with Crippen molar-refractivity contribution in [3.63, 3.8) is 0 Å². The molecule has 0 aliphatic carbocycles. The Labute approximate surface area is 106 Å². The molecule has 17 heavy (non-hydrogen) atoms. The van der Waals surface area contributed by atoms with E-state index in [-0.39, 0.29) is 5.97 Å². The minimum Gasteiger partial charge on any atom is -0.456 e. The number of carbonyl (C=O) groups excluding carboxylic acids is 1. The first kappa shape index (κ1) is 16.2. The van der Waals surface area contributed by atoms with Crippen molar-refractivity contribution in [3.8, 4) is 0 Å². The van der Waals surface area contributed by atoms with Crippen LogP contribution in [0.1, 0.15) is 40.5 Å². The fourth-order valence-electron chi connectivity index (χ4n) is 1.92. The van der Waals surface area contributed by atoms with Crippen molar-refractivity contribution in [2.24, 2.45) is 0 Å². The van der Waals surface area contributed by atoms with Crippen LogP contribution in [0.5, 0.6) is 0 Å². The number of hydrogen-bond donors (Lipinski definition) is 0. The molecule has 0 radical (unpaired) electrons. The van der Waals surface area contributed by atoms with Crippen molar-refractivity contribution < 1.29 is 14.0 Å². The summed E-state index contributed by atoms with van der Waals surface area (Å²) in [5.74, 6) is -0.272. The van der Waals surface area contributed by atoms with E-state index >= 15 is 0 Å². The van der Waals surface area contributed by atoms with Crippen molar-refractivity contribution in [1.82, 2.24) is 0 Å². The Morgan fingerprint density at radius 2 is 1.76 bits per heavy atom. The zero-order chi connectivity index (χ0) is 13.3. The van der Waals surface area contributed by atoms with Crippen LogP contribution in [0.15, 0.2) is 12.2 Å². The SMILES string of the molecule is C=C(C)C(=O)OCC[N+](CC)(CC)CCCC. The van der Waals surface area contributed by atoms with Gasteiger partial charge in [-0.05, 0) is 27.2 Å². The number of esters is 1. The number of hydrogen-bond acceptors (Lipinski definition) is 2. The Morgan fingerprint density at radius 1 is 1.18 bits per heavy atom. The molecule has 0 bridgehead atoms. The summed E-state index contributed by atoms with van der Waals surface area (Å²) < 4.78 is 6.23. The molecule has 0 atom stereocenters. The van der Waals surface area contributed by atoms with E-state index in [0.717, 1.165) is 24.1 Å². The van der Waals surface area contributed by atoms with Gasteiger partial charge in [0.15, 0.2) is 0 Å². The number of unbranched alkanes of at least 4 members (excludes halogenated alkanes) is 1. The Bertz CT molecular complexity index is 245. The van der Waals surface area contributed by atoms with Gasteiger partial charge in [-0.15, -0.1) is 0 Å². The normalized spacial score (nSPS) is 11.3. The molecule has 0 saturated heterocycles. The first-order chi connectivity index (χ1) is 8.01. The van der Waals surface area contributed by atoms with Gasteiger partial charge < -0.3 is 9.22 Å². The second-order valence-corrected chi connectivity index (χ2v) is 4.69. The molecule has 0 aliphatic heterocycles. The van der Waals surface area contributed by atoms with Crippen LogP contribution in [-0.4, -0.2) is 43.2 Å². The average molecular weight is 242 g/mol. The summed E-state index contributed by atoms with van der Waals surface area (Å²) >= 11 is 0. The summed E-state index contributed by atoms with van der Waals surface area (Å²) in [7, 11) is 0. The van der Waals surface area contributed by atoms with Gasteiger partial charge in [0.1, 0.15) is 13.2 Å². The summed E-state index contributed by atoms with van der Waals surface area (Å²) in [6.07, 6.45) is 2.45. The Hall–Kier alpha value is -0.830. The highest BCUT2D eigenvalue weighted by Gasteiger charge is 2.22. The molecular weight excluding hydrogens is 214 g/mol. The van der Waals surface area contributed by atoms with E-state index in [4.69, 9.17) is 4.74 Å². The van der Waals surface area contributed by atoms with Crippen LogP contribution in [0.25, 0.3) is 0 Å². The molecule has 3 heteroatoms. The van der Waals surface area contributed by atoms with Crippen molar-refractivity contribution >= 4 is 5.97 Å². The monoisotopic (exact) mass is 242 g/mol. The zero-order valence-corrected chi connectivity index (χ0v) is 11.9. The van der Waals surface area contributed by atoms with Gasteiger partial charge in [0.05, 0.1) is 19.6 Å². The number of likely N-dealkylation sites (N-methyl/N-ethyl adjacent to an activating group) is 1. The second-order valence-electron chi connectivity index (χ2n) is 4.69. The standard InChI is InChI=1S/C14H28NO2/c1-6-9-10-15(7-2,8-3)11-12-17-14(16)13(4)5/h4,6-12H2,1-3,5H3/q+1. The van der Waals surface area contributed by atoms with E-state index in [0.29, 0.717) is 12.2 Å². The van der Waals surface area contributed by atoms with Gasteiger partial charge in [0.25, 0.3) is 0 Å². The van der Waals surface area contributed by atoms with Crippen LogP contribution in [0.4, 0.5) is 0 Å². The maximum Gasteiger partial charge on any atom is 0.333 e. The zero-order valence-electron chi connectivity index (χ0n) is 11.9. The van der Waals surface area contributed by atoms with Crippen LogP contribution in [0, 0.1) is 0 Å². The fraction of sp³-hybridized carbons (Fsp3) is 0.786. The van der Waals surface area contributed by atoms with Gasteiger partial charge in [-0.1, -0.05) is 19.9 Å². The third-order valence-electron chi connectivity index (χ3n) is 3.47. The van der Waals surface area contributed by atoms with Gasteiger partial charge >= 0.3 is 5.97 Å². The number of rotatable bonds is 9. The molecule has 0 rings (SSSR count). The average Bonchev–Trinajstić information content (AvgIpc) is 2.33. The minimum atomic E-state index is -0.272. The van der Waals surface area contributed by atoms with Crippen LogP contribution >= 0.6 is 0 Å². The topological polar surface area (TPSA) is 26.3 Å². The lowest BCUT2D eigenvalue weighted by molar-refractivity contribution is -0.925. The summed E-state index contributed by atoms with van der Waals surface area (Å²) in [5, 5.41) is 0. The molecule has 3 nitrogen and oxygen atoms in total. The van der Waals surface area contributed by atoms with Crippen LogP contribution in [0.2, 0.25) is 0 Å². The molecule has 0 spiro atoms. The maximum atomic E-state index is 11.3. The van der Waals surface area contributed by atoms with E-state index in [2.05, 4.69) is 27.4 Å². The van der Waals surface area contributed by atoms with Gasteiger partial charge in [-0.2, -0.15) is 0 Å². The molecule has 0 aromatic heterocycles. The molecule has 0 aliphatic rings. The molecule has 0 unspecified atom stereocenters. The molecule has 0 fully saturated rings. The molecule has 0 saturated carbocycles. The third-order valence-corrected chi connectivity index (χ3v) is 3.47. The van der Waals surface area contributed by atoms with Gasteiger partial charge in [-0.25, -0.2) is 4.79 Å². The van der Waals surface area contributed by atoms with Crippen molar-refractivity contribution in [2.45, 2.75) is 40.5 Å². The molecule has 0 N–H and O–H groups in total. The van der Waals surface area contributed by atoms with Crippen LogP contribution in [-0.2, 0) is 9.53 Å². The maximum absolute atomic E-state index is 11.3. The highest BCUT2D eigenvalue weighted by molar-refractivity contribution is 5.86. The van der Waals surface area contributed by atoms with E-state index < -0.39 is 0 Å². The lowest BCUT2D eigenvalue weighted by atomic mass is 10.2. The molecule has 100 valence electrons. The largest absolute Gasteiger partial charge is 0.456 e. The lowest BCUT2D eigenvalue weighted by Gasteiger charge is -2.36. The van der Waals surface area contributed by atoms with E-state index in [9.17, 15) is 4.79 Å². The van der Waals surface area contributed by atoms with E-state index in [1.54, 1.807) is 6.92 Å². The van der Waals surface area contributed by atoms with Crippen LogP contribution < -0.4 is 0 Å². The number of ether oxygens (including phenoxy) is 1. The van der Waals surface area contributed by atoms with Crippen molar-refractivity contribution in [3.05, 3.63) is 12.2 Å². The van der Waals surface area contributed by atoms with Crippen LogP contribution in [0.3, 0.4) is 0 Å². The van der Waals surface area contributed by atoms with Gasteiger partial charge in [0.2, 0.25) is 0 Å². The quantitative estimate of drug-likeness (QED) is 0.353. The van der Waals surface area contributed by atoms with Gasteiger partial charge in [0, 0.05) is 5.57 Å². The van der Waals surface area contributed by atoms with Gasteiger partial charge in [-0.3, -0.25) is 0 Å². The summed E-state index contributed by atoms with van der Waals surface area (Å²) in [6, 6.07) is 0. The smallest absolute Gasteiger partial charge is 0.333 e. The summed E-state index contributed by atoms with van der Waals surface area (Å²) in [6.45, 7) is 16.7. The molecular formula is C14H28NO2+. The third kappa shape index (κ3) is 5.87. The number of carbonyl (C=O) groups is 1. The molecule has 0 aromatic carbocycles. The molecule has 0 amide bonds. The predicted molar refractivity (Wildman–Crippen MR) is 71.8 cm³/mol. The highest BCUT2D eigenvalue weighted by Crippen LogP contribution is 2.09. The summed E-state index contributed by atoms with van der Waals surface area (Å²) in [4.78, 5) is 11.3. The molecule has 0 heterocycles. The van der Waals surface area contributed by atoms with Crippen molar-refractivity contribution in [1.29, 1.82) is 0 Å². The summed E-state index contributed by atoms with van der Waals surface area (Å²) in [5.41, 5.74) is 0.477. The van der Waals surface area contributed by atoms with Crippen molar-refractivity contribution in [2.75, 3.05) is 32.8 Å². The van der Waals surface area contributed by atoms with E-state index in [1.807, 2.05) is 0 Å². The minimum absolute atomic E-state index is 0.272. The predicted octanol–water partition coefficient (Wildman–Crippen LogP) is 2.76. The first-order valence-electron chi connectivity index (χ1n) is 6.69. The Balaban J connectivity index is 4.16. The lowest BCUT2D eigenvalue weighted by Crippen LogP contribution is -2.50. The second kappa shape index (κ2) is 8.29. The number of quaternary nitrogens is 1.